The second kappa shape index (κ2) is 9.07. The number of pyridine rings is 1. The summed E-state index contributed by atoms with van der Waals surface area (Å²) in [7, 11) is 0. The summed E-state index contributed by atoms with van der Waals surface area (Å²) in [4.78, 5) is 38.9. The number of carbonyl (C=O) groups excluding carboxylic acids is 2. The summed E-state index contributed by atoms with van der Waals surface area (Å²) in [6, 6.07) is 10.9. The molecule has 2 amide bonds. The van der Waals surface area contributed by atoms with Crippen molar-refractivity contribution in [1.29, 1.82) is 0 Å². The summed E-state index contributed by atoms with van der Waals surface area (Å²) < 4.78 is 1.32. The van der Waals surface area contributed by atoms with Crippen molar-refractivity contribution in [3.05, 3.63) is 69.6 Å². The number of aromatic nitrogens is 1. The van der Waals surface area contributed by atoms with Crippen LogP contribution in [0, 0.1) is 0 Å². The van der Waals surface area contributed by atoms with Gasteiger partial charge in [-0.25, -0.2) is 0 Å². The van der Waals surface area contributed by atoms with E-state index in [4.69, 9.17) is 0 Å². The number of amides is 2. The SMILES string of the molecule is CC(C)c1ccc(C(C)NC(=O)c2ccc(=O)n(CC(=O)N3CCCC3)c2)cc1. The lowest BCUT2D eigenvalue weighted by Gasteiger charge is -2.17. The Morgan fingerprint density at radius 3 is 2.21 bits per heavy atom. The minimum absolute atomic E-state index is 0.0355. The zero-order chi connectivity index (χ0) is 21.0. The number of hydrogen-bond acceptors (Lipinski definition) is 3. The third-order valence-corrected chi connectivity index (χ3v) is 5.46. The van der Waals surface area contributed by atoms with Crippen molar-refractivity contribution < 1.29 is 9.59 Å². The maximum absolute atomic E-state index is 12.7. The highest BCUT2D eigenvalue weighted by Crippen LogP contribution is 2.19. The van der Waals surface area contributed by atoms with Gasteiger partial charge in [0.2, 0.25) is 5.91 Å². The van der Waals surface area contributed by atoms with E-state index in [1.165, 1.54) is 28.5 Å². The van der Waals surface area contributed by atoms with Crippen LogP contribution in [0.4, 0.5) is 0 Å². The summed E-state index contributed by atoms with van der Waals surface area (Å²) in [5.74, 6) is 0.104. The molecule has 1 aliphatic heterocycles. The smallest absolute Gasteiger partial charge is 0.253 e. The first-order valence-corrected chi connectivity index (χ1v) is 10.2. The molecule has 1 fully saturated rings. The molecule has 0 bridgehead atoms. The molecule has 1 aromatic heterocycles. The Balaban J connectivity index is 1.68. The lowest BCUT2D eigenvalue weighted by molar-refractivity contribution is -0.130. The fourth-order valence-corrected chi connectivity index (χ4v) is 3.53. The maximum atomic E-state index is 12.7. The average Bonchev–Trinajstić information content (AvgIpc) is 3.24. The summed E-state index contributed by atoms with van der Waals surface area (Å²) in [6.45, 7) is 7.65. The third-order valence-electron chi connectivity index (χ3n) is 5.46. The number of benzene rings is 1. The van der Waals surface area contributed by atoms with Gasteiger partial charge in [0.1, 0.15) is 6.54 Å². The first kappa shape index (κ1) is 20.8. The lowest BCUT2D eigenvalue weighted by atomic mass is 9.99. The highest BCUT2D eigenvalue weighted by atomic mass is 16.2. The molecule has 1 N–H and O–H groups in total. The second-order valence-corrected chi connectivity index (χ2v) is 7.99. The van der Waals surface area contributed by atoms with Gasteiger partial charge in [0.25, 0.3) is 11.5 Å². The molecule has 0 saturated carbocycles. The van der Waals surface area contributed by atoms with Gasteiger partial charge in [-0.15, -0.1) is 0 Å². The molecule has 2 heterocycles. The van der Waals surface area contributed by atoms with Crippen molar-refractivity contribution in [2.24, 2.45) is 0 Å². The van der Waals surface area contributed by atoms with Gasteiger partial charge >= 0.3 is 0 Å². The molecule has 1 unspecified atom stereocenters. The molecule has 29 heavy (non-hydrogen) atoms. The van der Waals surface area contributed by atoms with Crippen LogP contribution in [0.3, 0.4) is 0 Å². The van der Waals surface area contributed by atoms with Crippen LogP contribution in [0.1, 0.15) is 67.1 Å². The topological polar surface area (TPSA) is 71.4 Å². The maximum Gasteiger partial charge on any atom is 0.253 e. The predicted octanol–water partition coefficient (Wildman–Crippen LogP) is 3.09. The molecule has 154 valence electrons. The van der Waals surface area contributed by atoms with Gasteiger partial charge in [-0.2, -0.15) is 0 Å². The molecular weight excluding hydrogens is 366 g/mol. The van der Waals surface area contributed by atoms with E-state index in [1.807, 2.05) is 19.1 Å². The highest BCUT2D eigenvalue weighted by Gasteiger charge is 2.19. The zero-order valence-corrected chi connectivity index (χ0v) is 17.4. The number of hydrogen-bond donors (Lipinski definition) is 1. The summed E-state index contributed by atoms with van der Waals surface area (Å²) in [6.07, 6.45) is 3.47. The lowest BCUT2D eigenvalue weighted by Crippen LogP contribution is -2.35. The summed E-state index contributed by atoms with van der Waals surface area (Å²) in [5.41, 5.74) is 2.35. The summed E-state index contributed by atoms with van der Waals surface area (Å²) >= 11 is 0. The third kappa shape index (κ3) is 5.13. The Morgan fingerprint density at radius 1 is 0.966 bits per heavy atom. The number of rotatable bonds is 6. The first-order valence-electron chi connectivity index (χ1n) is 10.2. The average molecular weight is 396 g/mol. The Labute approximate surface area is 171 Å². The molecule has 1 atom stereocenters. The molecule has 1 aromatic carbocycles. The van der Waals surface area contributed by atoms with E-state index in [-0.39, 0.29) is 30.0 Å². The van der Waals surface area contributed by atoms with Gasteiger partial charge in [-0.1, -0.05) is 38.1 Å². The van der Waals surface area contributed by atoms with E-state index in [1.54, 1.807) is 4.90 Å². The zero-order valence-electron chi connectivity index (χ0n) is 17.4. The van der Waals surface area contributed by atoms with E-state index >= 15 is 0 Å². The van der Waals surface area contributed by atoms with Crippen LogP contribution in [0.2, 0.25) is 0 Å². The van der Waals surface area contributed by atoms with Gasteiger partial charge in [-0.05, 0) is 42.9 Å². The van der Waals surface area contributed by atoms with Crippen LogP contribution in [0.15, 0.2) is 47.4 Å². The van der Waals surface area contributed by atoms with Crippen LogP contribution in [-0.2, 0) is 11.3 Å². The van der Waals surface area contributed by atoms with Crippen LogP contribution in [0.5, 0.6) is 0 Å². The fraction of sp³-hybridized carbons (Fsp3) is 0.435. The fourth-order valence-electron chi connectivity index (χ4n) is 3.53. The molecule has 3 rings (SSSR count). The van der Waals surface area contributed by atoms with E-state index in [0.717, 1.165) is 31.5 Å². The van der Waals surface area contributed by atoms with Gasteiger partial charge in [-0.3, -0.25) is 14.4 Å². The van der Waals surface area contributed by atoms with Gasteiger partial charge in [0.15, 0.2) is 0 Å². The van der Waals surface area contributed by atoms with Crippen LogP contribution >= 0.6 is 0 Å². The van der Waals surface area contributed by atoms with Gasteiger partial charge in [0, 0.05) is 25.4 Å². The largest absolute Gasteiger partial charge is 0.345 e. The van der Waals surface area contributed by atoms with Gasteiger partial charge in [0.05, 0.1) is 11.6 Å². The molecule has 6 nitrogen and oxygen atoms in total. The minimum Gasteiger partial charge on any atom is -0.345 e. The number of carbonyl (C=O) groups is 2. The predicted molar refractivity (Wildman–Crippen MR) is 113 cm³/mol. The first-order chi connectivity index (χ1) is 13.8. The molecule has 1 aliphatic rings. The van der Waals surface area contributed by atoms with E-state index in [0.29, 0.717) is 11.5 Å². The molecule has 2 aromatic rings. The molecule has 0 aliphatic carbocycles. The Hall–Kier alpha value is -2.89. The Morgan fingerprint density at radius 2 is 1.59 bits per heavy atom. The van der Waals surface area contributed by atoms with Crippen molar-refractivity contribution in [3.8, 4) is 0 Å². The van der Waals surface area contributed by atoms with Crippen molar-refractivity contribution in [1.82, 2.24) is 14.8 Å². The molecule has 1 saturated heterocycles. The van der Waals surface area contributed by atoms with E-state index < -0.39 is 0 Å². The normalized spacial score (nSPS) is 14.8. The van der Waals surface area contributed by atoms with Crippen molar-refractivity contribution in [2.45, 2.75) is 52.1 Å². The standard InChI is InChI=1S/C23H29N3O3/c1-16(2)18-6-8-19(9-7-18)17(3)24-23(29)20-10-11-21(27)26(14-20)15-22(28)25-12-4-5-13-25/h6-11,14,16-17H,4-5,12-13,15H2,1-3H3,(H,24,29). The van der Waals surface area contributed by atoms with Crippen molar-refractivity contribution >= 4 is 11.8 Å². The highest BCUT2D eigenvalue weighted by molar-refractivity contribution is 5.94. The van der Waals surface area contributed by atoms with Gasteiger partial charge < -0.3 is 14.8 Å². The monoisotopic (exact) mass is 395 g/mol. The van der Waals surface area contributed by atoms with Crippen molar-refractivity contribution in [2.75, 3.05) is 13.1 Å². The van der Waals surface area contributed by atoms with Crippen LogP contribution in [-0.4, -0.2) is 34.4 Å². The molecule has 0 spiro atoms. The van der Waals surface area contributed by atoms with E-state index in [2.05, 4.69) is 31.3 Å². The Kier molecular flexibility index (Phi) is 6.52. The molecule has 6 heteroatoms. The number of likely N-dealkylation sites (tertiary alicyclic amines) is 1. The quantitative estimate of drug-likeness (QED) is 0.817. The number of nitrogens with zero attached hydrogens (tertiary/aromatic N) is 2. The second-order valence-electron chi connectivity index (χ2n) is 7.99. The molecule has 0 radical (unpaired) electrons. The van der Waals surface area contributed by atoms with Crippen LogP contribution < -0.4 is 10.9 Å². The van der Waals surface area contributed by atoms with E-state index in [9.17, 15) is 14.4 Å². The summed E-state index contributed by atoms with van der Waals surface area (Å²) in [5, 5.41) is 2.97. The Bertz CT molecular complexity index is 925. The van der Waals surface area contributed by atoms with Crippen LogP contribution in [0.25, 0.3) is 0 Å². The van der Waals surface area contributed by atoms with Crippen molar-refractivity contribution in [3.63, 3.8) is 0 Å². The minimum atomic E-state index is -0.286. The molecular formula is C23H29N3O3. The number of nitrogens with one attached hydrogen (secondary N) is 1.